The van der Waals surface area contributed by atoms with Gasteiger partial charge in [0.1, 0.15) is 5.69 Å². The van der Waals surface area contributed by atoms with Crippen LogP contribution in [0.1, 0.15) is 32.3 Å². The predicted octanol–water partition coefficient (Wildman–Crippen LogP) is 3.75. The van der Waals surface area contributed by atoms with E-state index in [9.17, 15) is 10.1 Å². The maximum absolute atomic E-state index is 11.0. The van der Waals surface area contributed by atoms with Crippen LogP contribution in [0.4, 0.5) is 11.4 Å². The molecule has 0 saturated heterocycles. The Bertz CT molecular complexity index is 465. The molecule has 0 atom stereocenters. The Morgan fingerprint density at radius 3 is 2.61 bits per heavy atom. The summed E-state index contributed by atoms with van der Waals surface area (Å²) in [6, 6.07) is 5.20. The summed E-state index contributed by atoms with van der Waals surface area (Å²) in [5.74, 6) is 0.619. The molecule has 0 unspecified atom stereocenters. The Labute approximate surface area is 108 Å². The van der Waals surface area contributed by atoms with Crippen molar-refractivity contribution >= 4 is 11.4 Å². The predicted molar refractivity (Wildman–Crippen MR) is 72.8 cm³/mol. The lowest BCUT2D eigenvalue weighted by Gasteiger charge is -2.21. The van der Waals surface area contributed by atoms with Crippen molar-refractivity contribution in [2.24, 2.45) is 11.3 Å². The number of nitro groups is 1. The zero-order valence-electron chi connectivity index (χ0n) is 11.2. The monoisotopic (exact) mass is 248 g/mol. The first-order chi connectivity index (χ1) is 8.46. The minimum absolute atomic E-state index is 0.176. The molecule has 98 valence electrons. The van der Waals surface area contributed by atoms with Crippen LogP contribution in [0.2, 0.25) is 0 Å². The summed E-state index contributed by atoms with van der Waals surface area (Å²) in [6.07, 6.45) is 2.44. The molecule has 1 aromatic rings. The third kappa shape index (κ3) is 2.33. The summed E-state index contributed by atoms with van der Waals surface area (Å²) in [5, 5.41) is 14.3. The quantitative estimate of drug-likeness (QED) is 0.637. The van der Waals surface area contributed by atoms with Gasteiger partial charge in [0, 0.05) is 12.6 Å². The highest BCUT2D eigenvalue weighted by Crippen LogP contribution is 2.52. The number of nitrogens with zero attached hydrogens (tertiary/aromatic N) is 1. The molecule has 1 aliphatic carbocycles. The summed E-state index contributed by atoms with van der Waals surface area (Å²) in [5.41, 5.74) is 2.13. The van der Waals surface area contributed by atoms with Crippen LogP contribution in [0.15, 0.2) is 18.2 Å². The molecule has 1 aromatic carbocycles. The molecule has 1 N–H and O–H groups in total. The van der Waals surface area contributed by atoms with Gasteiger partial charge in [-0.15, -0.1) is 0 Å². The molecule has 1 fully saturated rings. The fourth-order valence-electron chi connectivity index (χ4n) is 2.42. The highest BCUT2D eigenvalue weighted by Gasteiger charge is 2.45. The first-order valence-corrected chi connectivity index (χ1v) is 6.44. The van der Waals surface area contributed by atoms with Crippen LogP contribution >= 0.6 is 0 Å². The zero-order valence-corrected chi connectivity index (χ0v) is 11.2. The molecular formula is C14H20N2O2. The molecule has 0 heterocycles. The van der Waals surface area contributed by atoms with Gasteiger partial charge >= 0.3 is 0 Å². The van der Waals surface area contributed by atoms with Crippen molar-refractivity contribution < 1.29 is 4.92 Å². The van der Waals surface area contributed by atoms with E-state index in [1.807, 2.05) is 13.0 Å². The van der Waals surface area contributed by atoms with Crippen LogP contribution in [-0.2, 0) is 0 Å². The van der Waals surface area contributed by atoms with Crippen LogP contribution in [0.5, 0.6) is 0 Å². The second-order valence-electron chi connectivity index (χ2n) is 5.60. The van der Waals surface area contributed by atoms with Crippen LogP contribution < -0.4 is 5.32 Å². The third-order valence-electron chi connectivity index (χ3n) is 4.18. The van der Waals surface area contributed by atoms with Crippen LogP contribution in [0.3, 0.4) is 0 Å². The SMILES string of the molecule is Cc1cccc([N+](=O)[O-])c1NCC1(C(C)C)CC1. The molecule has 0 bridgehead atoms. The number of aryl methyl sites for hydroxylation is 1. The molecule has 4 nitrogen and oxygen atoms in total. The van der Waals surface area contributed by atoms with E-state index < -0.39 is 0 Å². The Balaban J connectivity index is 2.17. The van der Waals surface area contributed by atoms with Gasteiger partial charge in [-0.1, -0.05) is 26.0 Å². The molecular weight excluding hydrogens is 228 g/mol. The molecule has 1 aliphatic rings. The van der Waals surface area contributed by atoms with Crippen LogP contribution in [-0.4, -0.2) is 11.5 Å². The second kappa shape index (κ2) is 4.59. The van der Waals surface area contributed by atoms with Crippen molar-refractivity contribution in [3.05, 3.63) is 33.9 Å². The number of hydrogen-bond acceptors (Lipinski definition) is 3. The van der Waals surface area contributed by atoms with Gasteiger partial charge in [0.25, 0.3) is 5.69 Å². The molecule has 4 heteroatoms. The van der Waals surface area contributed by atoms with E-state index in [0.29, 0.717) is 17.0 Å². The zero-order chi connectivity index (χ0) is 13.3. The summed E-state index contributed by atoms with van der Waals surface area (Å²) in [6.45, 7) is 7.18. The van der Waals surface area contributed by atoms with Crippen molar-refractivity contribution in [1.82, 2.24) is 0 Å². The fraction of sp³-hybridized carbons (Fsp3) is 0.571. The lowest BCUT2D eigenvalue weighted by molar-refractivity contribution is -0.384. The summed E-state index contributed by atoms with van der Waals surface area (Å²) < 4.78 is 0. The van der Waals surface area contributed by atoms with Crippen LogP contribution in [0, 0.1) is 28.4 Å². The van der Waals surface area contributed by atoms with Gasteiger partial charge in [-0.3, -0.25) is 10.1 Å². The van der Waals surface area contributed by atoms with Gasteiger partial charge in [-0.2, -0.15) is 0 Å². The molecule has 0 spiro atoms. The second-order valence-corrected chi connectivity index (χ2v) is 5.60. The molecule has 18 heavy (non-hydrogen) atoms. The van der Waals surface area contributed by atoms with E-state index >= 15 is 0 Å². The standard InChI is InChI=1S/C14H20N2O2/c1-10(2)14(7-8-14)9-15-13-11(3)5-4-6-12(13)16(17)18/h4-6,10,15H,7-9H2,1-3H3. The molecule has 0 amide bonds. The van der Waals surface area contributed by atoms with Gasteiger partial charge in [0.05, 0.1) is 4.92 Å². The third-order valence-corrected chi connectivity index (χ3v) is 4.18. The average molecular weight is 248 g/mol. The maximum atomic E-state index is 11.0. The fourth-order valence-corrected chi connectivity index (χ4v) is 2.42. The first kappa shape index (κ1) is 12.9. The Morgan fingerprint density at radius 1 is 1.44 bits per heavy atom. The number of nitrogens with one attached hydrogen (secondary N) is 1. The number of anilines is 1. The molecule has 1 saturated carbocycles. The molecule has 0 aliphatic heterocycles. The summed E-state index contributed by atoms with van der Waals surface area (Å²) in [4.78, 5) is 10.7. The van der Waals surface area contributed by atoms with E-state index in [1.54, 1.807) is 12.1 Å². The molecule has 0 radical (unpaired) electrons. The van der Waals surface area contributed by atoms with Crippen molar-refractivity contribution in [3.8, 4) is 0 Å². The van der Waals surface area contributed by atoms with Gasteiger partial charge in [-0.05, 0) is 36.7 Å². The first-order valence-electron chi connectivity index (χ1n) is 6.44. The maximum Gasteiger partial charge on any atom is 0.292 e. The van der Waals surface area contributed by atoms with Crippen molar-refractivity contribution in [1.29, 1.82) is 0 Å². The average Bonchev–Trinajstić information content (AvgIpc) is 3.08. The van der Waals surface area contributed by atoms with E-state index in [1.165, 1.54) is 12.8 Å². The van der Waals surface area contributed by atoms with Crippen molar-refractivity contribution in [3.63, 3.8) is 0 Å². The topological polar surface area (TPSA) is 55.2 Å². The molecule has 2 rings (SSSR count). The van der Waals surface area contributed by atoms with Crippen LogP contribution in [0.25, 0.3) is 0 Å². The Hall–Kier alpha value is -1.58. The highest BCUT2D eigenvalue weighted by molar-refractivity contribution is 5.66. The van der Waals surface area contributed by atoms with Crippen molar-refractivity contribution in [2.45, 2.75) is 33.6 Å². The number of para-hydroxylation sites is 1. The van der Waals surface area contributed by atoms with E-state index in [4.69, 9.17) is 0 Å². The normalized spacial score (nSPS) is 16.7. The summed E-state index contributed by atoms with van der Waals surface area (Å²) >= 11 is 0. The van der Waals surface area contributed by atoms with E-state index in [-0.39, 0.29) is 10.6 Å². The van der Waals surface area contributed by atoms with Crippen molar-refractivity contribution in [2.75, 3.05) is 11.9 Å². The minimum atomic E-state index is -0.315. The number of benzene rings is 1. The highest BCUT2D eigenvalue weighted by atomic mass is 16.6. The minimum Gasteiger partial charge on any atom is -0.379 e. The number of nitro benzene ring substituents is 1. The lowest BCUT2D eigenvalue weighted by Crippen LogP contribution is -2.21. The van der Waals surface area contributed by atoms with Gasteiger partial charge < -0.3 is 5.32 Å². The Morgan fingerprint density at radius 2 is 2.11 bits per heavy atom. The summed E-state index contributed by atoms with van der Waals surface area (Å²) in [7, 11) is 0. The van der Waals surface area contributed by atoms with E-state index in [0.717, 1.165) is 12.1 Å². The number of hydrogen-bond donors (Lipinski definition) is 1. The lowest BCUT2D eigenvalue weighted by atomic mass is 9.92. The Kier molecular flexibility index (Phi) is 3.28. The van der Waals surface area contributed by atoms with E-state index in [2.05, 4.69) is 19.2 Å². The number of rotatable bonds is 5. The smallest absolute Gasteiger partial charge is 0.292 e. The molecule has 0 aromatic heterocycles. The van der Waals surface area contributed by atoms with Gasteiger partial charge in [0.15, 0.2) is 0 Å². The largest absolute Gasteiger partial charge is 0.379 e. The van der Waals surface area contributed by atoms with Gasteiger partial charge in [-0.25, -0.2) is 0 Å². The van der Waals surface area contributed by atoms with Gasteiger partial charge in [0.2, 0.25) is 0 Å².